The topological polar surface area (TPSA) is 33.1 Å². The van der Waals surface area contributed by atoms with Gasteiger partial charge in [0.05, 0.1) is 23.0 Å². The summed E-state index contributed by atoms with van der Waals surface area (Å²) in [4.78, 5) is 2.48. The summed E-state index contributed by atoms with van der Waals surface area (Å²) in [5.41, 5.74) is 1.07. The van der Waals surface area contributed by atoms with Crippen molar-refractivity contribution < 1.29 is 0 Å². The lowest BCUT2D eigenvalue weighted by Crippen LogP contribution is -2.53. The number of nitrogens with zero attached hydrogens (tertiary/aromatic N) is 3. The van der Waals surface area contributed by atoms with Gasteiger partial charge in [-0.2, -0.15) is 5.10 Å². The predicted molar refractivity (Wildman–Crippen MR) is 90.9 cm³/mol. The maximum atomic E-state index is 6.45. The number of nitrogens with one attached hydrogen (secondary N) is 1. The fraction of sp³-hybridized carbons (Fsp3) is 0.812. The molecule has 0 aromatic carbocycles. The highest BCUT2D eigenvalue weighted by atomic mass is 35.5. The van der Waals surface area contributed by atoms with Crippen LogP contribution in [-0.4, -0.2) is 39.9 Å². The molecule has 1 heterocycles. The molecule has 1 rings (SSSR count). The lowest BCUT2D eigenvalue weighted by atomic mass is 9.89. The van der Waals surface area contributed by atoms with Gasteiger partial charge in [-0.05, 0) is 46.8 Å². The second-order valence-corrected chi connectivity index (χ2v) is 6.31. The molecule has 21 heavy (non-hydrogen) atoms. The van der Waals surface area contributed by atoms with E-state index in [-0.39, 0.29) is 11.6 Å². The van der Waals surface area contributed by atoms with Crippen molar-refractivity contribution in [2.24, 2.45) is 0 Å². The van der Waals surface area contributed by atoms with Crippen LogP contribution in [0.15, 0.2) is 6.20 Å². The highest BCUT2D eigenvalue weighted by Gasteiger charge is 2.37. The molecule has 0 spiro atoms. The van der Waals surface area contributed by atoms with E-state index in [1.54, 1.807) is 6.20 Å². The number of hydrogen-bond acceptors (Lipinski definition) is 3. The third-order valence-electron chi connectivity index (χ3n) is 4.29. The zero-order valence-corrected chi connectivity index (χ0v) is 15.2. The van der Waals surface area contributed by atoms with E-state index in [1.807, 2.05) is 4.68 Å². The second kappa shape index (κ2) is 8.16. The zero-order chi connectivity index (χ0) is 16.0. The van der Waals surface area contributed by atoms with Crippen LogP contribution in [0.5, 0.6) is 0 Å². The average Bonchev–Trinajstić information content (AvgIpc) is 2.81. The standard InChI is InChI=1S/C16H31ClN4/c1-7-11-18-15(16(5,6)20(8-2)9-3)14-13(17)12-19-21(14)10-4/h12,15,18H,7-11H2,1-6H3. The van der Waals surface area contributed by atoms with Crippen LogP contribution < -0.4 is 5.32 Å². The highest BCUT2D eigenvalue weighted by Crippen LogP contribution is 2.34. The average molecular weight is 315 g/mol. The van der Waals surface area contributed by atoms with Crippen LogP contribution in [0.3, 0.4) is 0 Å². The third kappa shape index (κ3) is 3.99. The number of aryl methyl sites for hydroxylation is 1. The Morgan fingerprint density at radius 1 is 1.29 bits per heavy atom. The van der Waals surface area contributed by atoms with Crippen molar-refractivity contribution in [3.63, 3.8) is 0 Å². The minimum atomic E-state index is -0.0325. The minimum Gasteiger partial charge on any atom is -0.307 e. The van der Waals surface area contributed by atoms with Gasteiger partial charge in [0.2, 0.25) is 0 Å². The summed E-state index contributed by atoms with van der Waals surface area (Å²) in [5, 5.41) is 8.86. The van der Waals surface area contributed by atoms with Gasteiger partial charge in [-0.3, -0.25) is 9.58 Å². The van der Waals surface area contributed by atoms with E-state index in [4.69, 9.17) is 11.6 Å². The monoisotopic (exact) mass is 314 g/mol. The molecule has 122 valence electrons. The van der Waals surface area contributed by atoms with Crippen molar-refractivity contribution in [3.8, 4) is 0 Å². The molecule has 1 atom stereocenters. The molecule has 1 unspecified atom stereocenters. The number of halogens is 1. The van der Waals surface area contributed by atoms with Crippen molar-refractivity contribution >= 4 is 11.6 Å². The van der Waals surface area contributed by atoms with E-state index in [0.717, 1.165) is 43.3 Å². The molecule has 0 saturated carbocycles. The van der Waals surface area contributed by atoms with Crippen molar-refractivity contribution in [1.82, 2.24) is 20.0 Å². The van der Waals surface area contributed by atoms with Crippen LogP contribution >= 0.6 is 11.6 Å². The summed E-state index contributed by atoms with van der Waals surface area (Å²) in [6, 6.07) is 0.160. The molecule has 4 nitrogen and oxygen atoms in total. The van der Waals surface area contributed by atoms with Gasteiger partial charge in [0.15, 0.2) is 0 Å². The van der Waals surface area contributed by atoms with E-state index in [0.29, 0.717) is 0 Å². The van der Waals surface area contributed by atoms with Crippen LogP contribution in [0.4, 0.5) is 0 Å². The maximum absolute atomic E-state index is 6.45. The van der Waals surface area contributed by atoms with Crippen molar-refractivity contribution in [2.75, 3.05) is 19.6 Å². The van der Waals surface area contributed by atoms with Gasteiger partial charge in [0.25, 0.3) is 0 Å². The van der Waals surface area contributed by atoms with Gasteiger partial charge in [-0.25, -0.2) is 0 Å². The van der Waals surface area contributed by atoms with Gasteiger partial charge < -0.3 is 5.32 Å². The predicted octanol–water partition coefficient (Wildman–Crippen LogP) is 3.72. The van der Waals surface area contributed by atoms with Crippen LogP contribution in [0.1, 0.15) is 59.7 Å². The Labute approximate surface area is 134 Å². The molecular formula is C16H31ClN4. The number of likely N-dealkylation sites (N-methyl/N-ethyl adjacent to an activating group) is 1. The molecule has 0 bridgehead atoms. The van der Waals surface area contributed by atoms with Crippen molar-refractivity contribution in [1.29, 1.82) is 0 Å². The van der Waals surface area contributed by atoms with E-state index in [1.165, 1.54) is 0 Å². The summed E-state index contributed by atoms with van der Waals surface area (Å²) in [6.07, 6.45) is 2.86. The van der Waals surface area contributed by atoms with Gasteiger partial charge >= 0.3 is 0 Å². The highest BCUT2D eigenvalue weighted by molar-refractivity contribution is 6.31. The molecule has 0 saturated heterocycles. The van der Waals surface area contributed by atoms with E-state index >= 15 is 0 Å². The second-order valence-electron chi connectivity index (χ2n) is 5.91. The smallest absolute Gasteiger partial charge is 0.0834 e. The summed E-state index contributed by atoms with van der Waals surface area (Å²) >= 11 is 6.45. The molecule has 0 aliphatic heterocycles. The third-order valence-corrected chi connectivity index (χ3v) is 4.58. The molecule has 0 fully saturated rings. The van der Waals surface area contributed by atoms with Crippen LogP contribution in [0.2, 0.25) is 5.02 Å². The Kier molecular flexibility index (Phi) is 7.17. The lowest BCUT2D eigenvalue weighted by molar-refractivity contribution is 0.0875. The summed E-state index contributed by atoms with van der Waals surface area (Å²) in [6.45, 7) is 17.1. The number of hydrogen-bond donors (Lipinski definition) is 1. The Morgan fingerprint density at radius 3 is 2.38 bits per heavy atom. The fourth-order valence-corrected chi connectivity index (χ4v) is 3.35. The first-order chi connectivity index (χ1) is 9.93. The van der Waals surface area contributed by atoms with Crippen LogP contribution in [0, 0.1) is 0 Å². The van der Waals surface area contributed by atoms with E-state index in [9.17, 15) is 0 Å². The molecule has 0 amide bonds. The summed E-state index contributed by atoms with van der Waals surface area (Å²) < 4.78 is 2.01. The first kappa shape index (κ1) is 18.5. The molecule has 1 aromatic rings. The maximum Gasteiger partial charge on any atom is 0.0834 e. The molecule has 0 aliphatic carbocycles. The first-order valence-corrected chi connectivity index (χ1v) is 8.51. The van der Waals surface area contributed by atoms with Crippen LogP contribution in [0.25, 0.3) is 0 Å². The summed E-state index contributed by atoms with van der Waals surface area (Å²) in [5.74, 6) is 0. The van der Waals surface area contributed by atoms with E-state index < -0.39 is 0 Å². The van der Waals surface area contributed by atoms with Gasteiger partial charge in [0.1, 0.15) is 0 Å². The Morgan fingerprint density at radius 2 is 1.90 bits per heavy atom. The Balaban J connectivity index is 3.24. The van der Waals surface area contributed by atoms with Gasteiger partial charge in [-0.1, -0.05) is 32.4 Å². The van der Waals surface area contributed by atoms with Crippen molar-refractivity contribution in [3.05, 3.63) is 16.9 Å². The Bertz CT molecular complexity index is 424. The summed E-state index contributed by atoms with van der Waals surface area (Å²) in [7, 11) is 0. The Hall–Kier alpha value is -0.580. The molecule has 0 aliphatic rings. The zero-order valence-electron chi connectivity index (χ0n) is 14.4. The fourth-order valence-electron chi connectivity index (χ4n) is 3.10. The largest absolute Gasteiger partial charge is 0.307 e. The molecule has 5 heteroatoms. The SMILES string of the molecule is CCCNC(c1c(Cl)cnn1CC)C(C)(C)N(CC)CC. The minimum absolute atomic E-state index is 0.0325. The van der Waals surface area contributed by atoms with Gasteiger partial charge in [0, 0.05) is 12.1 Å². The lowest BCUT2D eigenvalue weighted by Gasteiger charge is -2.44. The molecule has 1 aromatic heterocycles. The van der Waals surface area contributed by atoms with E-state index in [2.05, 4.69) is 56.9 Å². The normalized spacial score (nSPS) is 13.9. The number of aromatic nitrogens is 2. The van der Waals surface area contributed by atoms with Gasteiger partial charge in [-0.15, -0.1) is 0 Å². The quantitative estimate of drug-likeness (QED) is 0.754. The molecular weight excluding hydrogens is 284 g/mol. The number of rotatable bonds is 9. The molecule has 1 N–H and O–H groups in total. The van der Waals surface area contributed by atoms with Crippen LogP contribution in [-0.2, 0) is 6.54 Å². The first-order valence-electron chi connectivity index (χ1n) is 8.13. The molecule has 0 radical (unpaired) electrons. The van der Waals surface area contributed by atoms with Crippen molar-refractivity contribution in [2.45, 2.75) is 66.1 Å².